The van der Waals surface area contributed by atoms with Gasteiger partial charge in [0.15, 0.2) is 5.16 Å². The second kappa shape index (κ2) is 8.92. The van der Waals surface area contributed by atoms with Crippen LogP contribution in [0.5, 0.6) is 0 Å². The van der Waals surface area contributed by atoms with E-state index in [9.17, 15) is 4.79 Å². The topological polar surface area (TPSA) is 54.3 Å². The van der Waals surface area contributed by atoms with E-state index in [0.29, 0.717) is 0 Å². The number of thioether (sulfide) groups is 1. The number of piperazine rings is 1. The Morgan fingerprint density at radius 1 is 0.933 bits per heavy atom. The Morgan fingerprint density at radius 3 is 2.33 bits per heavy atom. The van der Waals surface area contributed by atoms with Gasteiger partial charge >= 0.3 is 0 Å². The number of rotatable bonds is 5. The number of hydrogen-bond acceptors (Lipinski definition) is 5. The molecular formula is C23H27N5OS. The monoisotopic (exact) mass is 421 g/mol. The first kappa shape index (κ1) is 20.5. The van der Waals surface area contributed by atoms with E-state index in [1.54, 1.807) is 0 Å². The summed E-state index contributed by atoms with van der Waals surface area (Å²) in [4.78, 5) is 17.4. The SMILES string of the molecule is Cc1cccc(-n2c(C)nnc2SC(C)C(=O)N2CCN(c3ccccc3)CC2)c1. The molecule has 1 saturated heterocycles. The molecule has 1 unspecified atom stereocenters. The van der Waals surface area contributed by atoms with Gasteiger partial charge in [0.05, 0.1) is 5.25 Å². The van der Waals surface area contributed by atoms with Gasteiger partial charge < -0.3 is 9.80 Å². The van der Waals surface area contributed by atoms with Crippen LogP contribution in [0.15, 0.2) is 59.8 Å². The molecule has 2 aromatic carbocycles. The van der Waals surface area contributed by atoms with Crippen LogP contribution >= 0.6 is 11.8 Å². The summed E-state index contributed by atoms with van der Waals surface area (Å²) in [7, 11) is 0. The highest BCUT2D eigenvalue weighted by Crippen LogP contribution is 2.27. The third-order valence-corrected chi connectivity index (χ3v) is 6.43. The van der Waals surface area contributed by atoms with E-state index in [0.717, 1.165) is 42.8 Å². The van der Waals surface area contributed by atoms with Crippen LogP contribution in [-0.4, -0.2) is 57.0 Å². The summed E-state index contributed by atoms with van der Waals surface area (Å²) in [5.74, 6) is 0.975. The molecule has 0 N–H and O–H groups in total. The van der Waals surface area contributed by atoms with Crippen LogP contribution in [-0.2, 0) is 4.79 Å². The second-order valence-corrected chi connectivity index (χ2v) is 8.92. The van der Waals surface area contributed by atoms with Crippen LogP contribution in [0.25, 0.3) is 5.69 Å². The van der Waals surface area contributed by atoms with Crippen molar-refractivity contribution in [2.24, 2.45) is 0 Å². The number of benzene rings is 2. The third kappa shape index (κ3) is 4.36. The summed E-state index contributed by atoms with van der Waals surface area (Å²) < 4.78 is 2.02. The average molecular weight is 422 g/mol. The van der Waals surface area contributed by atoms with Crippen LogP contribution in [0.3, 0.4) is 0 Å². The lowest BCUT2D eigenvalue weighted by atomic mass is 10.2. The largest absolute Gasteiger partial charge is 0.368 e. The van der Waals surface area contributed by atoms with Gasteiger partial charge in [0, 0.05) is 37.6 Å². The molecule has 1 atom stereocenters. The number of nitrogens with zero attached hydrogens (tertiary/aromatic N) is 5. The molecule has 3 aromatic rings. The predicted octanol–water partition coefficient (Wildman–Crippen LogP) is 3.71. The van der Waals surface area contributed by atoms with Crippen LogP contribution < -0.4 is 4.90 Å². The fraction of sp³-hybridized carbons (Fsp3) is 0.348. The van der Waals surface area contributed by atoms with E-state index in [1.165, 1.54) is 23.0 Å². The van der Waals surface area contributed by atoms with Crippen LogP contribution in [0.1, 0.15) is 18.3 Å². The second-order valence-electron chi connectivity index (χ2n) is 7.61. The Kier molecular flexibility index (Phi) is 6.08. The molecule has 7 heteroatoms. The fourth-order valence-electron chi connectivity index (χ4n) is 3.77. The number of aromatic nitrogens is 3. The minimum Gasteiger partial charge on any atom is -0.368 e. The summed E-state index contributed by atoms with van der Waals surface area (Å²) in [6.45, 7) is 9.15. The molecule has 4 rings (SSSR count). The highest BCUT2D eigenvalue weighted by Gasteiger charge is 2.27. The lowest BCUT2D eigenvalue weighted by molar-refractivity contribution is -0.130. The number of amides is 1. The molecule has 1 amide bonds. The fourth-order valence-corrected chi connectivity index (χ4v) is 4.77. The molecule has 1 fully saturated rings. The zero-order valence-electron chi connectivity index (χ0n) is 17.7. The van der Waals surface area contributed by atoms with Crippen molar-refractivity contribution < 1.29 is 4.79 Å². The van der Waals surface area contributed by atoms with Gasteiger partial charge in [0.2, 0.25) is 5.91 Å². The van der Waals surface area contributed by atoms with Crippen molar-refractivity contribution in [1.82, 2.24) is 19.7 Å². The van der Waals surface area contributed by atoms with Gasteiger partial charge in [-0.05, 0) is 50.6 Å². The number of aryl methyl sites for hydroxylation is 2. The Labute approximate surface area is 181 Å². The molecule has 0 saturated carbocycles. The summed E-state index contributed by atoms with van der Waals surface area (Å²) in [6, 6.07) is 18.6. The third-order valence-electron chi connectivity index (χ3n) is 5.40. The number of para-hydroxylation sites is 1. The van der Waals surface area contributed by atoms with Crippen molar-refractivity contribution in [3.8, 4) is 5.69 Å². The zero-order chi connectivity index (χ0) is 21.1. The maximum Gasteiger partial charge on any atom is 0.236 e. The first-order valence-electron chi connectivity index (χ1n) is 10.3. The van der Waals surface area contributed by atoms with Crippen LogP contribution in [0.2, 0.25) is 0 Å². The molecule has 30 heavy (non-hydrogen) atoms. The number of carbonyl (C=O) groups is 1. The smallest absolute Gasteiger partial charge is 0.236 e. The van der Waals surface area contributed by atoms with Gasteiger partial charge in [0.1, 0.15) is 5.82 Å². The number of hydrogen-bond donors (Lipinski definition) is 0. The molecule has 2 heterocycles. The first-order chi connectivity index (χ1) is 14.5. The van der Waals surface area contributed by atoms with Crippen molar-refractivity contribution in [2.45, 2.75) is 31.2 Å². The lowest BCUT2D eigenvalue weighted by Gasteiger charge is -2.37. The van der Waals surface area contributed by atoms with Gasteiger partial charge in [-0.15, -0.1) is 10.2 Å². The summed E-state index contributed by atoms with van der Waals surface area (Å²) in [5.41, 5.74) is 3.42. The predicted molar refractivity (Wildman–Crippen MR) is 121 cm³/mol. The normalized spacial score (nSPS) is 15.3. The van der Waals surface area contributed by atoms with Gasteiger partial charge in [0.25, 0.3) is 0 Å². The van der Waals surface area contributed by atoms with Crippen molar-refractivity contribution in [3.63, 3.8) is 0 Å². The zero-order valence-corrected chi connectivity index (χ0v) is 18.5. The van der Waals surface area contributed by atoms with E-state index >= 15 is 0 Å². The molecule has 1 aliphatic rings. The minimum atomic E-state index is -0.222. The van der Waals surface area contributed by atoms with E-state index in [2.05, 4.69) is 58.4 Å². The van der Waals surface area contributed by atoms with E-state index in [-0.39, 0.29) is 11.2 Å². The molecular weight excluding hydrogens is 394 g/mol. The van der Waals surface area contributed by atoms with Crippen LogP contribution in [0, 0.1) is 13.8 Å². The molecule has 0 radical (unpaired) electrons. The molecule has 1 aromatic heterocycles. The highest BCUT2D eigenvalue weighted by atomic mass is 32.2. The number of carbonyl (C=O) groups excluding carboxylic acids is 1. The molecule has 0 bridgehead atoms. The number of anilines is 1. The van der Waals surface area contributed by atoms with Crippen molar-refractivity contribution in [1.29, 1.82) is 0 Å². The van der Waals surface area contributed by atoms with Gasteiger partial charge in [-0.2, -0.15) is 0 Å². The minimum absolute atomic E-state index is 0.157. The maximum absolute atomic E-state index is 13.1. The standard InChI is InChI=1S/C23H27N5OS/c1-17-8-7-11-21(16-17)28-19(3)24-25-23(28)30-18(2)22(29)27-14-12-26(13-15-27)20-9-5-4-6-10-20/h4-11,16,18H,12-15H2,1-3H3. The Morgan fingerprint density at radius 2 is 1.63 bits per heavy atom. The Balaban J connectivity index is 1.41. The molecule has 1 aliphatic heterocycles. The van der Waals surface area contributed by atoms with Crippen molar-refractivity contribution in [3.05, 3.63) is 66.0 Å². The lowest BCUT2D eigenvalue weighted by Crippen LogP contribution is -2.50. The quantitative estimate of drug-likeness (QED) is 0.588. The first-order valence-corrected chi connectivity index (χ1v) is 11.2. The molecule has 156 valence electrons. The van der Waals surface area contributed by atoms with Crippen molar-refractivity contribution >= 4 is 23.4 Å². The van der Waals surface area contributed by atoms with Crippen LogP contribution in [0.4, 0.5) is 5.69 Å². The summed E-state index contributed by atoms with van der Waals surface area (Å²) >= 11 is 1.48. The van der Waals surface area contributed by atoms with E-state index < -0.39 is 0 Å². The average Bonchev–Trinajstić information content (AvgIpc) is 3.13. The Hall–Kier alpha value is -2.80. The van der Waals surface area contributed by atoms with Crippen molar-refractivity contribution in [2.75, 3.05) is 31.1 Å². The Bertz CT molecular complexity index is 1010. The van der Waals surface area contributed by atoms with Gasteiger partial charge in [-0.3, -0.25) is 9.36 Å². The van der Waals surface area contributed by atoms with E-state index in [1.807, 2.05) is 41.5 Å². The molecule has 0 spiro atoms. The summed E-state index contributed by atoms with van der Waals surface area (Å²) in [5, 5.41) is 9.12. The highest BCUT2D eigenvalue weighted by molar-refractivity contribution is 8.00. The maximum atomic E-state index is 13.1. The summed E-state index contributed by atoms with van der Waals surface area (Å²) in [6.07, 6.45) is 0. The van der Waals surface area contributed by atoms with Gasteiger partial charge in [-0.25, -0.2) is 0 Å². The molecule has 6 nitrogen and oxygen atoms in total. The van der Waals surface area contributed by atoms with Gasteiger partial charge in [-0.1, -0.05) is 42.1 Å². The van der Waals surface area contributed by atoms with E-state index in [4.69, 9.17) is 0 Å². The molecule has 0 aliphatic carbocycles.